The summed E-state index contributed by atoms with van der Waals surface area (Å²) >= 11 is 5.05. The van der Waals surface area contributed by atoms with Crippen LogP contribution in [0.25, 0.3) is 11.4 Å². The Morgan fingerprint density at radius 3 is 2.53 bits per heavy atom. The third kappa shape index (κ3) is 3.36. The van der Waals surface area contributed by atoms with Crippen LogP contribution in [0.3, 0.4) is 0 Å². The highest BCUT2D eigenvalue weighted by Gasteiger charge is 2.12. The smallest absolute Gasteiger partial charge is 0.192 e. The predicted molar refractivity (Wildman–Crippen MR) is 84.3 cm³/mol. The van der Waals surface area contributed by atoms with Crippen LogP contribution in [0.1, 0.15) is 0 Å². The number of rotatable bonds is 6. The van der Waals surface area contributed by atoms with Gasteiger partial charge in [-0.15, -0.1) is 23.4 Å². The average Bonchev–Trinajstić information content (AvgIpc) is 2.81. The van der Waals surface area contributed by atoms with E-state index < -0.39 is 0 Å². The second kappa shape index (κ2) is 6.73. The maximum atomic E-state index is 4.28. The summed E-state index contributed by atoms with van der Waals surface area (Å²) in [6.45, 7) is 8.21. The summed E-state index contributed by atoms with van der Waals surface area (Å²) in [6.07, 6.45) is 3.71. The molecule has 98 valence electrons. The second-order valence-corrected chi connectivity index (χ2v) is 5.71. The van der Waals surface area contributed by atoms with E-state index in [1.165, 1.54) is 0 Å². The summed E-state index contributed by atoms with van der Waals surface area (Å²) in [6, 6.07) is 8.04. The van der Waals surface area contributed by atoms with Crippen LogP contribution in [-0.4, -0.2) is 20.5 Å². The van der Waals surface area contributed by atoms with Crippen molar-refractivity contribution in [2.45, 2.75) is 11.7 Å². The largest absolute Gasteiger partial charge is 0.298 e. The van der Waals surface area contributed by atoms with E-state index in [9.17, 15) is 0 Å². The molecular weight excluding hydrogens is 322 g/mol. The van der Waals surface area contributed by atoms with Gasteiger partial charge < -0.3 is 0 Å². The van der Waals surface area contributed by atoms with Gasteiger partial charge >= 0.3 is 0 Å². The van der Waals surface area contributed by atoms with E-state index in [-0.39, 0.29) is 0 Å². The molecule has 0 unspecified atom stereocenters. The Labute approximate surface area is 125 Å². The van der Waals surface area contributed by atoms with Crippen LogP contribution in [-0.2, 0) is 6.54 Å². The molecule has 0 saturated carbocycles. The molecule has 1 heterocycles. The van der Waals surface area contributed by atoms with Gasteiger partial charge in [-0.25, -0.2) is 0 Å². The van der Waals surface area contributed by atoms with Crippen molar-refractivity contribution < 1.29 is 0 Å². The Balaban J connectivity index is 2.38. The molecule has 0 radical (unpaired) electrons. The van der Waals surface area contributed by atoms with E-state index in [1.807, 2.05) is 36.4 Å². The lowest BCUT2D eigenvalue weighted by molar-refractivity contribution is 0.732. The van der Waals surface area contributed by atoms with Crippen molar-refractivity contribution in [3.05, 3.63) is 54.0 Å². The van der Waals surface area contributed by atoms with E-state index in [1.54, 1.807) is 11.8 Å². The lowest BCUT2D eigenvalue weighted by Gasteiger charge is -2.07. The van der Waals surface area contributed by atoms with Gasteiger partial charge in [0.2, 0.25) is 0 Å². The molecule has 0 bridgehead atoms. The molecule has 0 saturated heterocycles. The van der Waals surface area contributed by atoms with E-state index >= 15 is 0 Å². The molecule has 1 aromatic heterocycles. The van der Waals surface area contributed by atoms with Crippen molar-refractivity contribution in [3.63, 3.8) is 0 Å². The number of benzene rings is 1. The fourth-order valence-electron chi connectivity index (χ4n) is 1.64. The van der Waals surface area contributed by atoms with Gasteiger partial charge in [-0.1, -0.05) is 52.0 Å². The maximum absolute atomic E-state index is 4.28. The Bertz CT molecular complexity index is 575. The SMILES string of the molecule is C=CCSc1nnc(-c2ccc(Br)cc2)n1CC=C. The van der Waals surface area contributed by atoms with Gasteiger partial charge in [-0.2, -0.15) is 0 Å². The zero-order valence-electron chi connectivity index (χ0n) is 10.4. The number of allylic oxidation sites excluding steroid dienone is 1. The molecule has 0 spiro atoms. The molecule has 19 heavy (non-hydrogen) atoms. The highest BCUT2D eigenvalue weighted by Crippen LogP contribution is 2.25. The fraction of sp³-hybridized carbons (Fsp3) is 0.143. The summed E-state index contributed by atoms with van der Waals surface area (Å²) in [7, 11) is 0. The van der Waals surface area contributed by atoms with E-state index in [4.69, 9.17) is 0 Å². The second-order valence-electron chi connectivity index (χ2n) is 3.81. The number of nitrogens with zero attached hydrogens (tertiary/aromatic N) is 3. The Morgan fingerprint density at radius 2 is 1.89 bits per heavy atom. The first kappa shape index (κ1) is 14.1. The van der Waals surface area contributed by atoms with Gasteiger partial charge in [0.15, 0.2) is 11.0 Å². The Hall–Kier alpha value is -1.33. The lowest BCUT2D eigenvalue weighted by atomic mass is 10.2. The summed E-state index contributed by atoms with van der Waals surface area (Å²) in [5.74, 6) is 1.68. The summed E-state index contributed by atoms with van der Waals surface area (Å²) in [5.41, 5.74) is 1.04. The van der Waals surface area contributed by atoms with Crippen molar-refractivity contribution >= 4 is 27.7 Å². The fourth-order valence-corrected chi connectivity index (χ4v) is 2.58. The van der Waals surface area contributed by atoms with E-state index in [0.29, 0.717) is 6.54 Å². The molecule has 0 aliphatic rings. The normalized spacial score (nSPS) is 10.4. The number of aromatic nitrogens is 3. The first-order chi connectivity index (χ1) is 9.26. The van der Waals surface area contributed by atoms with Gasteiger partial charge in [0.25, 0.3) is 0 Å². The molecule has 1 aromatic carbocycles. The molecule has 0 aliphatic carbocycles. The van der Waals surface area contributed by atoms with Crippen LogP contribution in [0, 0.1) is 0 Å². The van der Waals surface area contributed by atoms with Gasteiger partial charge in [-0.05, 0) is 12.1 Å². The van der Waals surface area contributed by atoms with Crippen molar-refractivity contribution in [3.8, 4) is 11.4 Å². The average molecular weight is 336 g/mol. The van der Waals surface area contributed by atoms with Gasteiger partial charge in [-0.3, -0.25) is 4.57 Å². The van der Waals surface area contributed by atoms with E-state index in [2.05, 4.69) is 43.9 Å². The molecule has 3 nitrogen and oxygen atoms in total. The standard InChI is InChI=1S/C14H14BrN3S/c1-3-9-18-13(11-5-7-12(15)8-6-11)16-17-14(18)19-10-4-2/h3-8H,1-2,9-10H2. The van der Waals surface area contributed by atoms with Gasteiger partial charge in [0.05, 0.1) is 0 Å². The zero-order valence-corrected chi connectivity index (χ0v) is 12.8. The minimum absolute atomic E-state index is 0.692. The topological polar surface area (TPSA) is 30.7 Å². The molecule has 2 rings (SSSR count). The minimum atomic E-state index is 0.692. The highest BCUT2D eigenvalue weighted by molar-refractivity contribution is 9.10. The first-order valence-corrected chi connectivity index (χ1v) is 7.58. The molecule has 2 aromatic rings. The number of hydrogen-bond acceptors (Lipinski definition) is 3. The lowest BCUT2D eigenvalue weighted by Crippen LogP contribution is -2.00. The molecular formula is C14H14BrN3S. The number of thioether (sulfide) groups is 1. The maximum Gasteiger partial charge on any atom is 0.192 e. The zero-order chi connectivity index (χ0) is 13.7. The summed E-state index contributed by atoms with van der Waals surface area (Å²) < 4.78 is 3.11. The van der Waals surface area contributed by atoms with Crippen molar-refractivity contribution in [1.29, 1.82) is 0 Å². The predicted octanol–water partition coefficient (Wildman–Crippen LogP) is 4.17. The Kier molecular flexibility index (Phi) is 4.99. The first-order valence-electron chi connectivity index (χ1n) is 5.80. The highest BCUT2D eigenvalue weighted by atomic mass is 79.9. The molecule has 0 N–H and O–H groups in total. The van der Waals surface area contributed by atoms with Gasteiger partial charge in [0.1, 0.15) is 0 Å². The van der Waals surface area contributed by atoms with Crippen LogP contribution in [0.15, 0.2) is 59.2 Å². The van der Waals surface area contributed by atoms with Crippen LogP contribution >= 0.6 is 27.7 Å². The summed E-state index contributed by atoms with van der Waals surface area (Å²) in [4.78, 5) is 0. The van der Waals surface area contributed by atoms with Gasteiger partial charge in [0, 0.05) is 22.3 Å². The van der Waals surface area contributed by atoms with Crippen LogP contribution in [0.2, 0.25) is 0 Å². The van der Waals surface area contributed by atoms with Crippen LogP contribution < -0.4 is 0 Å². The monoisotopic (exact) mass is 335 g/mol. The summed E-state index contributed by atoms with van der Waals surface area (Å²) in [5, 5.41) is 9.41. The van der Waals surface area contributed by atoms with Crippen molar-refractivity contribution in [1.82, 2.24) is 14.8 Å². The molecule has 0 amide bonds. The molecule has 5 heteroatoms. The molecule has 0 atom stereocenters. The van der Waals surface area contributed by atoms with E-state index in [0.717, 1.165) is 26.8 Å². The third-order valence-corrected chi connectivity index (χ3v) is 3.95. The minimum Gasteiger partial charge on any atom is -0.298 e. The Morgan fingerprint density at radius 1 is 1.16 bits per heavy atom. The third-order valence-electron chi connectivity index (χ3n) is 2.46. The van der Waals surface area contributed by atoms with Crippen molar-refractivity contribution in [2.24, 2.45) is 0 Å². The number of hydrogen-bond donors (Lipinski definition) is 0. The number of halogens is 1. The van der Waals surface area contributed by atoms with Crippen LogP contribution in [0.5, 0.6) is 0 Å². The molecule has 0 fully saturated rings. The molecule has 0 aliphatic heterocycles. The quantitative estimate of drug-likeness (QED) is 0.586. The van der Waals surface area contributed by atoms with Crippen molar-refractivity contribution in [2.75, 3.05) is 5.75 Å². The van der Waals surface area contributed by atoms with Crippen LogP contribution in [0.4, 0.5) is 0 Å².